The lowest BCUT2D eigenvalue weighted by Gasteiger charge is -2.08. The highest BCUT2D eigenvalue weighted by Gasteiger charge is 2.14. The van der Waals surface area contributed by atoms with E-state index in [1.807, 2.05) is 13.8 Å². The molecule has 1 aromatic carbocycles. The minimum Gasteiger partial charge on any atom is -0.452 e. The number of hydrogen-bond acceptors (Lipinski definition) is 5. The zero-order valence-corrected chi connectivity index (χ0v) is 15.0. The maximum Gasteiger partial charge on any atom is 0.340 e. The normalized spacial score (nSPS) is 10.9. The number of ether oxygens (including phenoxy) is 1. The number of halogens is 1. The number of aromatic nitrogens is 3. The summed E-state index contributed by atoms with van der Waals surface area (Å²) in [7, 11) is 0. The maximum absolute atomic E-state index is 12.2. The summed E-state index contributed by atoms with van der Waals surface area (Å²) in [6.07, 6.45) is 3.06. The first-order chi connectivity index (χ1) is 12.5. The fourth-order valence-electron chi connectivity index (χ4n) is 2.39. The monoisotopic (exact) mass is 372 g/mol. The van der Waals surface area contributed by atoms with Crippen LogP contribution in [0.2, 0.25) is 5.02 Å². The van der Waals surface area contributed by atoms with E-state index in [1.54, 1.807) is 41.2 Å². The Hall–Kier alpha value is -2.93. The van der Waals surface area contributed by atoms with Crippen LogP contribution < -0.4 is 5.32 Å². The molecule has 134 valence electrons. The third kappa shape index (κ3) is 3.83. The molecular weight excluding hydrogens is 356 g/mol. The van der Waals surface area contributed by atoms with Gasteiger partial charge >= 0.3 is 5.97 Å². The van der Waals surface area contributed by atoms with Gasteiger partial charge in [-0.2, -0.15) is 5.10 Å². The Balaban J connectivity index is 1.64. The summed E-state index contributed by atoms with van der Waals surface area (Å²) >= 11 is 5.97. The highest BCUT2D eigenvalue weighted by atomic mass is 35.5. The average Bonchev–Trinajstić information content (AvgIpc) is 3.05. The molecule has 1 amide bonds. The van der Waals surface area contributed by atoms with Gasteiger partial charge in [0.15, 0.2) is 12.3 Å². The molecule has 0 fully saturated rings. The van der Waals surface area contributed by atoms with E-state index in [1.165, 1.54) is 6.20 Å². The number of para-hydroxylation sites is 1. The lowest BCUT2D eigenvalue weighted by molar-refractivity contribution is -0.119. The number of anilines is 1. The molecule has 7 nitrogen and oxygen atoms in total. The first-order valence-electron chi connectivity index (χ1n) is 8.00. The summed E-state index contributed by atoms with van der Waals surface area (Å²) in [4.78, 5) is 28.3. The van der Waals surface area contributed by atoms with Crippen molar-refractivity contribution in [3.8, 4) is 0 Å². The molecule has 8 heteroatoms. The Kier molecular flexibility index (Phi) is 5.18. The van der Waals surface area contributed by atoms with E-state index in [4.69, 9.17) is 16.3 Å². The molecule has 0 saturated carbocycles. The van der Waals surface area contributed by atoms with Crippen LogP contribution in [0.4, 0.5) is 5.69 Å². The van der Waals surface area contributed by atoms with Gasteiger partial charge in [-0.1, -0.05) is 23.7 Å². The molecule has 3 rings (SSSR count). The number of rotatable bonds is 5. The molecule has 0 atom stereocenters. The summed E-state index contributed by atoms with van der Waals surface area (Å²) in [6.45, 7) is 3.56. The molecule has 2 aromatic heterocycles. The second kappa shape index (κ2) is 7.53. The van der Waals surface area contributed by atoms with E-state index in [0.717, 1.165) is 5.39 Å². The SMILES string of the molecule is CC(C)n1ncc2cc(C(=O)OCC(=O)Nc3ccccc3Cl)cnc21. The van der Waals surface area contributed by atoms with Gasteiger partial charge in [0.05, 0.1) is 22.5 Å². The highest BCUT2D eigenvalue weighted by molar-refractivity contribution is 6.33. The predicted octanol–water partition coefficient (Wildman–Crippen LogP) is 3.46. The first-order valence-corrected chi connectivity index (χ1v) is 8.38. The molecule has 0 saturated heterocycles. The predicted molar refractivity (Wildman–Crippen MR) is 98.3 cm³/mol. The topological polar surface area (TPSA) is 86.1 Å². The van der Waals surface area contributed by atoms with Crippen LogP contribution >= 0.6 is 11.6 Å². The van der Waals surface area contributed by atoms with Crippen LogP contribution in [0.1, 0.15) is 30.2 Å². The molecule has 0 radical (unpaired) electrons. The minimum atomic E-state index is -0.633. The molecule has 0 aliphatic rings. The van der Waals surface area contributed by atoms with Gasteiger partial charge < -0.3 is 10.1 Å². The summed E-state index contributed by atoms with van der Waals surface area (Å²) in [5, 5.41) is 7.97. The van der Waals surface area contributed by atoms with Crippen LogP contribution in [-0.2, 0) is 9.53 Å². The van der Waals surface area contributed by atoms with Gasteiger partial charge in [-0.15, -0.1) is 0 Å². The van der Waals surface area contributed by atoms with Crippen molar-refractivity contribution in [2.75, 3.05) is 11.9 Å². The number of hydrogen-bond donors (Lipinski definition) is 1. The largest absolute Gasteiger partial charge is 0.452 e. The van der Waals surface area contributed by atoms with Gasteiger partial charge in [-0.05, 0) is 32.0 Å². The molecule has 0 aliphatic carbocycles. The smallest absolute Gasteiger partial charge is 0.340 e. The molecular formula is C18H17ClN4O3. The molecule has 0 bridgehead atoms. The van der Waals surface area contributed by atoms with Gasteiger partial charge in [0, 0.05) is 17.6 Å². The van der Waals surface area contributed by atoms with Gasteiger partial charge in [-0.25, -0.2) is 14.5 Å². The van der Waals surface area contributed by atoms with Gasteiger partial charge in [0.1, 0.15) is 0 Å². The number of amides is 1. The van der Waals surface area contributed by atoms with Crippen molar-refractivity contribution in [3.05, 3.63) is 53.3 Å². The number of esters is 1. The number of carbonyl (C=O) groups is 2. The number of carbonyl (C=O) groups excluding carboxylic acids is 2. The van der Waals surface area contributed by atoms with E-state index in [0.29, 0.717) is 16.4 Å². The van der Waals surface area contributed by atoms with Crippen molar-refractivity contribution in [1.82, 2.24) is 14.8 Å². The summed E-state index contributed by atoms with van der Waals surface area (Å²) in [5.74, 6) is -1.11. The Labute approximate surface area is 154 Å². The van der Waals surface area contributed by atoms with E-state index in [9.17, 15) is 9.59 Å². The van der Waals surface area contributed by atoms with Crippen molar-refractivity contribution in [3.63, 3.8) is 0 Å². The van der Waals surface area contributed by atoms with Crippen molar-refractivity contribution in [1.29, 1.82) is 0 Å². The Morgan fingerprint density at radius 3 is 2.77 bits per heavy atom. The molecule has 0 aliphatic heterocycles. The van der Waals surface area contributed by atoms with Crippen LogP contribution in [0.15, 0.2) is 42.7 Å². The number of pyridine rings is 1. The summed E-state index contributed by atoms with van der Waals surface area (Å²) < 4.78 is 6.81. The van der Waals surface area contributed by atoms with Crippen molar-refractivity contribution < 1.29 is 14.3 Å². The zero-order chi connectivity index (χ0) is 18.7. The van der Waals surface area contributed by atoms with Gasteiger partial charge in [-0.3, -0.25) is 4.79 Å². The lowest BCUT2D eigenvalue weighted by Crippen LogP contribution is -2.21. The standard InChI is InChI=1S/C18H17ClN4O3/c1-11(2)23-17-12(9-21-23)7-13(8-20-17)18(25)26-10-16(24)22-15-6-4-3-5-14(15)19/h3-9,11H,10H2,1-2H3,(H,22,24). The van der Waals surface area contributed by atoms with Crippen LogP contribution in [0.25, 0.3) is 11.0 Å². The molecule has 1 N–H and O–H groups in total. The highest BCUT2D eigenvalue weighted by Crippen LogP contribution is 2.20. The summed E-state index contributed by atoms with van der Waals surface area (Å²) in [5.41, 5.74) is 1.40. The number of fused-ring (bicyclic) bond motifs is 1. The summed E-state index contributed by atoms with van der Waals surface area (Å²) in [6, 6.07) is 8.61. The quantitative estimate of drug-likeness (QED) is 0.693. The van der Waals surface area contributed by atoms with Crippen molar-refractivity contribution in [2.24, 2.45) is 0 Å². The van der Waals surface area contributed by atoms with E-state index in [2.05, 4.69) is 15.4 Å². The zero-order valence-electron chi connectivity index (χ0n) is 14.3. The Bertz CT molecular complexity index is 968. The molecule has 2 heterocycles. The molecule has 0 spiro atoms. The fraction of sp³-hybridized carbons (Fsp3) is 0.222. The fourth-order valence-corrected chi connectivity index (χ4v) is 2.58. The van der Waals surface area contributed by atoms with Crippen LogP contribution in [0.5, 0.6) is 0 Å². The first kappa shape index (κ1) is 17.9. The molecule has 0 unspecified atom stereocenters. The minimum absolute atomic E-state index is 0.159. The van der Waals surface area contributed by atoms with Crippen LogP contribution in [0.3, 0.4) is 0 Å². The van der Waals surface area contributed by atoms with Crippen molar-refractivity contribution >= 4 is 40.2 Å². The number of nitrogens with one attached hydrogen (secondary N) is 1. The van der Waals surface area contributed by atoms with Gasteiger partial charge in [0.2, 0.25) is 0 Å². The third-order valence-corrected chi connectivity index (χ3v) is 3.97. The third-order valence-electron chi connectivity index (χ3n) is 3.64. The number of benzene rings is 1. The maximum atomic E-state index is 12.2. The second-order valence-electron chi connectivity index (χ2n) is 5.92. The van der Waals surface area contributed by atoms with E-state index >= 15 is 0 Å². The van der Waals surface area contributed by atoms with E-state index < -0.39 is 18.5 Å². The van der Waals surface area contributed by atoms with E-state index in [-0.39, 0.29) is 11.6 Å². The van der Waals surface area contributed by atoms with Crippen LogP contribution in [-0.4, -0.2) is 33.2 Å². The molecule has 26 heavy (non-hydrogen) atoms. The number of nitrogens with zero attached hydrogens (tertiary/aromatic N) is 3. The second-order valence-corrected chi connectivity index (χ2v) is 6.33. The average molecular weight is 373 g/mol. The molecule has 3 aromatic rings. The Morgan fingerprint density at radius 2 is 2.04 bits per heavy atom. The Morgan fingerprint density at radius 1 is 1.27 bits per heavy atom. The van der Waals surface area contributed by atoms with Crippen molar-refractivity contribution in [2.45, 2.75) is 19.9 Å². The van der Waals surface area contributed by atoms with Gasteiger partial charge in [0.25, 0.3) is 5.91 Å². The van der Waals surface area contributed by atoms with Crippen LogP contribution in [0, 0.1) is 0 Å². The lowest BCUT2D eigenvalue weighted by atomic mass is 10.2.